The quantitative estimate of drug-likeness (QED) is 0.860. The SMILES string of the molecule is CC(C)(C)c1noc([C@H]2OCC[C@H]2Cn2ccnc2)n1. The van der Waals surface area contributed by atoms with Gasteiger partial charge < -0.3 is 13.8 Å². The van der Waals surface area contributed by atoms with E-state index in [0.717, 1.165) is 25.4 Å². The first-order chi connectivity index (χ1) is 9.54. The van der Waals surface area contributed by atoms with Crippen LogP contribution in [0.25, 0.3) is 0 Å². The lowest BCUT2D eigenvalue weighted by atomic mass is 9.96. The van der Waals surface area contributed by atoms with Crippen LogP contribution in [0, 0.1) is 5.92 Å². The molecule has 1 aliphatic heterocycles. The van der Waals surface area contributed by atoms with Gasteiger partial charge in [0.05, 0.1) is 6.33 Å². The van der Waals surface area contributed by atoms with Crippen molar-refractivity contribution in [1.29, 1.82) is 0 Å². The van der Waals surface area contributed by atoms with Crippen LogP contribution in [0.1, 0.15) is 45.0 Å². The van der Waals surface area contributed by atoms with Crippen LogP contribution in [0.4, 0.5) is 0 Å². The second kappa shape index (κ2) is 5.01. The number of aromatic nitrogens is 4. The van der Waals surface area contributed by atoms with Gasteiger partial charge in [-0.15, -0.1) is 0 Å². The van der Waals surface area contributed by atoms with Gasteiger partial charge in [-0.25, -0.2) is 4.98 Å². The van der Waals surface area contributed by atoms with Gasteiger partial charge in [0.1, 0.15) is 6.10 Å². The summed E-state index contributed by atoms with van der Waals surface area (Å²) in [6.45, 7) is 7.80. The van der Waals surface area contributed by atoms with E-state index in [1.807, 2.05) is 12.5 Å². The molecule has 2 aromatic rings. The third-order valence-corrected chi connectivity index (χ3v) is 3.57. The van der Waals surface area contributed by atoms with Gasteiger partial charge in [-0.05, 0) is 6.42 Å². The van der Waals surface area contributed by atoms with E-state index in [2.05, 4.69) is 40.5 Å². The molecule has 2 aromatic heterocycles. The van der Waals surface area contributed by atoms with Crippen molar-refractivity contribution in [3.05, 3.63) is 30.4 Å². The summed E-state index contributed by atoms with van der Waals surface area (Å²) < 4.78 is 13.3. The minimum absolute atomic E-state index is 0.110. The molecule has 0 N–H and O–H groups in total. The smallest absolute Gasteiger partial charge is 0.256 e. The van der Waals surface area contributed by atoms with E-state index in [1.165, 1.54) is 0 Å². The lowest BCUT2D eigenvalue weighted by Crippen LogP contribution is -2.16. The first kappa shape index (κ1) is 13.3. The molecule has 3 heterocycles. The molecule has 0 radical (unpaired) electrons. The highest BCUT2D eigenvalue weighted by atomic mass is 16.5. The Labute approximate surface area is 118 Å². The van der Waals surface area contributed by atoms with Crippen LogP contribution in [0.15, 0.2) is 23.2 Å². The number of rotatable bonds is 3. The van der Waals surface area contributed by atoms with Crippen molar-refractivity contribution in [2.75, 3.05) is 6.61 Å². The Bertz CT molecular complexity index is 556. The average Bonchev–Trinajstić information content (AvgIpc) is 3.07. The Kier molecular flexibility index (Phi) is 3.33. The number of hydrogen-bond acceptors (Lipinski definition) is 5. The summed E-state index contributed by atoms with van der Waals surface area (Å²) >= 11 is 0. The Morgan fingerprint density at radius 3 is 2.90 bits per heavy atom. The first-order valence-electron chi connectivity index (χ1n) is 6.95. The minimum atomic E-state index is -0.111. The molecule has 6 heteroatoms. The summed E-state index contributed by atoms with van der Waals surface area (Å²) in [7, 11) is 0. The third-order valence-electron chi connectivity index (χ3n) is 3.57. The summed E-state index contributed by atoms with van der Waals surface area (Å²) in [5.74, 6) is 1.67. The van der Waals surface area contributed by atoms with E-state index >= 15 is 0 Å². The molecule has 6 nitrogen and oxygen atoms in total. The maximum Gasteiger partial charge on any atom is 0.256 e. The van der Waals surface area contributed by atoms with Crippen LogP contribution >= 0.6 is 0 Å². The number of ether oxygens (including phenoxy) is 1. The average molecular weight is 276 g/mol. The highest BCUT2D eigenvalue weighted by Gasteiger charge is 2.35. The molecule has 1 fully saturated rings. The van der Waals surface area contributed by atoms with Gasteiger partial charge >= 0.3 is 0 Å². The van der Waals surface area contributed by atoms with Gasteiger partial charge in [-0.2, -0.15) is 4.98 Å². The fourth-order valence-electron chi connectivity index (χ4n) is 2.41. The van der Waals surface area contributed by atoms with Crippen LogP contribution in [-0.4, -0.2) is 26.3 Å². The molecule has 0 aliphatic carbocycles. The fourth-order valence-corrected chi connectivity index (χ4v) is 2.41. The molecule has 2 atom stereocenters. The molecule has 0 amide bonds. The Balaban J connectivity index is 1.76. The maximum absolute atomic E-state index is 5.80. The molecular formula is C14H20N4O2. The zero-order valence-electron chi connectivity index (χ0n) is 12.1. The van der Waals surface area contributed by atoms with E-state index in [-0.39, 0.29) is 11.5 Å². The van der Waals surface area contributed by atoms with Crippen molar-refractivity contribution in [3.63, 3.8) is 0 Å². The maximum atomic E-state index is 5.80. The second-order valence-corrected chi connectivity index (χ2v) is 6.31. The van der Waals surface area contributed by atoms with Crippen LogP contribution in [0.2, 0.25) is 0 Å². The summed E-state index contributed by atoms with van der Waals surface area (Å²) in [6, 6.07) is 0. The zero-order chi connectivity index (χ0) is 14.2. The van der Waals surface area contributed by atoms with Gasteiger partial charge in [-0.3, -0.25) is 0 Å². The standard InChI is InChI=1S/C14H20N4O2/c1-14(2,3)13-16-12(20-17-13)11-10(4-7-19-11)8-18-6-5-15-9-18/h5-6,9-11H,4,7-8H2,1-3H3/t10-,11-/m0/s1. The molecule has 20 heavy (non-hydrogen) atoms. The molecule has 0 unspecified atom stereocenters. The molecule has 1 aliphatic rings. The monoisotopic (exact) mass is 276 g/mol. The predicted molar refractivity (Wildman–Crippen MR) is 72.0 cm³/mol. The third kappa shape index (κ3) is 2.60. The molecule has 0 spiro atoms. The fraction of sp³-hybridized carbons (Fsp3) is 0.643. The minimum Gasteiger partial charge on any atom is -0.368 e. The number of imidazole rings is 1. The zero-order valence-corrected chi connectivity index (χ0v) is 12.1. The Morgan fingerprint density at radius 1 is 1.40 bits per heavy atom. The second-order valence-electron chi connectivity index (χ2n) is 6.31. The van der Waals surface area contributed by atoms with E-state index in [0.29, 0.717) is 11.8 Å². The summed E-state index contributed by atoms with van der Waals surface area (Å²) in [6.07, 6.45) is 6.46. The summed E-state index contributed by atoms with van der Waals surface area (Å²) in [5.41, 5.74) is -0.111. The molecule has 1 saturated heterocycles. The van der Waals surface area contributed by atoms with Crippen LogP contribution in [0.3, 0.4) is 0 Å². The van der Waals surface area contributed by atoms with Crippen LogP contribution < -0.4 is 0 Å². The topological polar surface area (TPSA) is 66.0 Å². The molecule has 3 rings (SSSR count). The lowest BCUT2D eigenvalue weighted by Gasteiger charge is -2.15. The van der Waals surface area contributed by atoms with Gasteiger partial charge in [0.25, 0.3) is 5.89 Å². The van der Waals surface area contributed by atoms with Crippen LogP contribution in [0.5, 0.6) is 0 Å². The van der Waals surface area contributed by atoms with Crippen molar-refractivity contribution < 1.29 is 9.26 Å². The Hall–Kier alpha value is -1.69. The summed E-state index contributed by atoms with van der Waals surface area (Å²) in [4.78, 5) is 8.58. The Morgan fingerprint density at radius 2 is 2.25 bits per heavy atom. The molecule has 0 saturated carbocycles. The van der Waals surface area contributed by atoms with Gasteiger partial charge in [0.15, 0.2) is 5.82 Å². The van der Waals surface area contributed by atoms with E-state index in [1.54, 1.807) is 6.20 Å². The predicted octanol–water partition coefficient (Wildman–Crippen LogP) is 2.34. The van der Waals surface area contributed by atoms with Crippen molar-refractivity contribution in [3.8, 4) is 0 Å². The van der Waals surface area contributed by atoms with Gasteiger partial charge in [-0.1, -0.05) is 25.9 Å². The molecule has 108 valence electrons. The normalized spacial score (nSPS) is 23.4. The molecular weight excluding hydrogens is 256 g/mol. The van der Waals surface area contributed by atoms with Crippen molar-refractivity contribution in [2.24, 2.45) is 5.92 Å². The van der Waals surface area contributed by atoms with Gasteiger partial charge in [0.2, 0.25) is 0 Å². The lowest BCUT2D eigenvalue weighted by molar-refractivity contribution is 0.0586. The van der Waals surface area contributed by atoms with E-state index < -0.39 is 0 Å². The van der Waals surface area contributed by atoms with E-state index in [4.69, 9.17) is 9.26 Å². The van der Waals surface area contributed by atoms with Crippen molar-refractivity contribution in [2.45, 2.75) is 45.3 Å². The van der Waals surface area contributed by atoms with Crippen molar-refractivity contribution in [1.82, 2.24) is 19.7 Å². The van der Waals surface area contributed by atoms with Gasteiger partial charge in [0, 0.05) is 36.9 Å². The molecule has 0 bridgehead atoms. The van der Waals surface area contributed by atoms with Crippen LogP contribution in [-0.2, 0) is 16.7 Å². The molecule has 0 aromatic carbocycles. The number of hydrogen-bond donors (Lipinski definition) is 0. The summed E-state index contributed by atoms with van der Waals surface area (Å²) in [5, 5.41) is 4.08. The number of nitrogens with zero attached hydrogens (tertiary/aromatic N) is 4. The highest BCUT2D eigenvalue weighted by Crippen LogP contribution is 2.35. The van der Waals surface area contributed by atoms with E-state index in [9.17, 15) is 0 Å². The first-order valence-corrected chi connectivity index (χ1v) is 6.95. The van der Waals surface area contributed by atoms with Crippen molar-refractivity contribution >= 4 is 0 Å². The largest absolute Gasteiger partial charge is 0.368 e. The highest BCUT2D eigenvalue weighted by molar-refractivity contribution is 5.03.